The van der Waals surface area contributed by atoms with Crippen LogP contribution in [0.5, 0.6) is 5.75 Å². The minimum absolute atomic E-state index is 0.637. The van der Waals surface area contributed by atoms with Gasteiger partial charge in [0.05, 0.1) is 6.61 Å². The van der Waals surface area contributed by atoms with Crippen molar-refractivity contribution in [1.82, 2.24) is 0 Å². The van der Waals surface area contributed by atoms with E-state index in [1.807, 2.05) is 18.2 Å². The van der Waals surface area contributed by atoms with Crippen molar-refractivity contribution < 1.29 is 4.74 Å². The first-order valence-electron chi connectivity index (χ1n) is 5.54. The van der Waals surface area contributed by atoms with Crippen LogP contribution in [0.1, 0.15) is 32.3 Å². The predicted molar refractivity (Wildman–Crippen MR) is 68.6 cm³/mol. The Morgan fingerprint density at radius 3 is 2.73 bits per heavy atom. The summed E-state index contributed by atoms with van der Waals surface area (Å²) >= 11 is 3.47. The molecule has 1 aromatic rings. The average Bonchev–Trinajstić information content (AvgIpc) is 2.27. The summed E-state index contributed by atoms with van der Waals surface area (Å²) in [5.74, 6) is 1.65. The first-order chi connectivity index (χ1) is 7.27. The highest BCUT2D eigenvalue weighted by molar-refractivity contribution is 9.08. The summed E-state index contributed by atoms with van der Waals surface area (Å²) in [6, 6.07) is 8.19. The Morgan fingerprint density at radius 1 is 1.33 bits per heavy atom. The Morgan fingerprint density at radius 2 is 2.07 bits per heavy atom. The van der Waals surface area contributed by atoms with Crippen molar-refractivity contribution in [3.05, 3.63) is 29.8 Å². The molecule has 0 radical (unpaired) electrons. The van der Waals surface area contributed by atoms with E-state index in [0.29, 0.717) is 5.92 Å². The Balaban J connectivity index is 2.49. The molecule has 2 heteroatoms. The molecule has 0 heterocycles. The number of hydrogen-bond acceptors (Lipinski definition) is 1. The minimum Gasteiger partial charge on any atom is -0.493 e. The van der Waals surface area contributed by atoms with Gasteiger partial charge in [0.2, 0.25) is 0 Å². The van der Waals surface area contributed by atoms with E-state index in [9.17, 15) is 0 Å². The summed E-state index contributed by atoms with van der Waals surface area (Å²) in [4.78, 5) is 0. The number of rotatable bonds is 6. The molecule has 1 atom stereocenters. The minimum atomic E-state index is 0.637. The molecule has 0 aliphatic rings. The van der Waals surface area contributed by atoms with Crippen LogP contribution in [0.2, 0.25) is 0 Å². The van der Waals surface area contributed by atoms with Crippen molar-refractivity contribution in [2.45, 2.75) is 32.0 Å². The van der Waals surface area contributed by atoms with Crippen LogP contribution in [0.25, 0.3) is 0 Å². The number of hydrogen-bond donors (Lipinski definition) is 0. The largest absolute Gasteiger partial charge is 0.493 e. The van der Waals surface area contributed by atoms with E-state index in [1.54, 1.807) is 0 Å². The van der Waals surface area contributed by atoms with E-state index in [0.717, 1.165) is 17.7 Å². The normalized spacial score (nSPS) is 12.5. The third kappa shape index (κ3) is 4.25. The maximum absolute atomic E-state index is 5.81. The van der Waals surface area contributed by atoms with Crippen molar-refractivity contribution >= 4 is 15.9 Å². The lowest BCUT2D eigenvalue weighted by atomic mass is 10.1. The molecule has 1 unspecified atom stereocenters. The summed E-state index contributed by atoms with van der Waals surface area (Å²) in [5, 5.41) is 0.853. The Hall–Kier alpha value is -0.500. The maximum Gasteiger partial charge on any atom is 0.123 e. The summed E-state index contributed by atoms with van der Waals surface area (Å²) in [5.41, 5.74) is 1.22. The van der Waals surface area contributed by atoms with Gasteiger partial charge in [-0.15, -0.1) is 0 Å². The van der Waals surface area contributed by atoms with Crippen LogP contribution in [0.3, 0.4) is 0 Å². The predicted octanol–water partition coefficient (Wildman–Crippen LogP) is 4.40. The second-order valence-electron chi connectivity index (χ2n) is 3.95. The molecule has 1 nitrogen and oxygen atoms in total. The second-order valence-corrected chi connectivity index (χ2v) is 4.51. The van der Waals surface area contributed by atoms with E-state index >= 15 is 0 Å². The van der Waals surface area contributed by atoms with E-state index < -0.39 is 0 Å². The third-order valence-corrected chi connectivity index (χ3v) is 3.03. The van der Waals surface area contributed by atoms with Gasteiger partial charge in [0.15, 0.2) is 0 Å². The Bertz CT molecular complexity index is 286. The zero-order valence-electron chi connectivity index (χ0n) is 9.50. The fourth-order valence-electron chi connectivity index (χ4n) is 1.56. The molecule has 0 aromatic heterocycles. The summed E-state index contributed by atoms with van der Waals surface area (Å²) < 4.78 is 5.81. The number of halogens is 1. The van der Waals surface area contributed by atoms with E-state index in [2.05, 4.69) is 35.8 Å². The van der Waals surface area contributed by atoms with Crippen LogP contribution >= 0.6 is 15.9 Å². The molecule has 15 heavy (non-hydrogen) atoms. The molecule has 1 rings (SSSR count). The van der Waals surface area contributed by atoms with E-state index in [4.69, 9.17) is 4.74 Å². The van der Waals surface area contributed by atoms with Gasteiger partial charge in [-0.1, -0.05) is 54.4 Å². The topological polar surface area (TPSA) is 9.23 Å². The molecule has 0 aliphatic carbocycles. The molecule has 0 N–H and O–H groups in total. The zero-order chi connectivity index (χ0) is 11.1. The SMILES string of the molecule is CCCC(C)COc1ccccc1CBr. The van der Waals surface area contributed by atoms with Crippen molar-refractivity contribution in [3.63, 3.8) is 0 Å². The van der Waals surface area contributed by atoms with Crippen LogP contribution in [-0.2, 0) is 5.33 Å². The quantitative estimate of drug-likeness (QED) is 0.697. The van der Waals surface area contributed by atoms with Crippen LogP contribution in [0.15, 0.2) is 24.3 Å². The number of benzene rings is 1. The molecule has 0 bridgehead atoms. The fourth-order valence-corrected chi connectivity index (χ4v) is 2.03. The number of para-hydroxylation sites is 1. The van der Waals surface area contributed by atoms with E-state index in [-0.39, 0.29) is 0 Å². The van der Waals surface area contributed by atoms with Gasteiger partial charge in [0.25, 0.3) is 0 Å². The summed E-state index contributed by atoms with van der Waals surface area (Å²) in [7, 11) is 0. The van der Waals surface area contributed by atoms with Gasteiger partial charge >= 0.3 is 0 Å². The second kappa shape index (κ2) is 6.89. The highest BCUT2D eigenvalue weighted by atomic mass is 79.9. The first kappa shape index (κ1) is 12.6. The lowest BCUT2D eigenvalue weighted by molar-refractivity contribution is 0.250. The van der Waals surface area contributed by atoms with Crippen molar-refractivity contribution in [2.75, 3.05) is 6.61 Å². The van der Waals surface area contributed by atoms with Gasteiger partial charge in [-0.25, -0.2) is 0 Å². The molecule has 0 spiro atoms. The third-order valence-electron chi connectivity index (χ3n) is 2.42. The monoisotopic (exact) mass is 270 g/mol. The Labute approximate surface area is 101 Å². The smallest absolute Gasteiger partial charge is 0.123 e. The summed E-state index contributed by atoms with van der Waals surface area (Å²) in [6.07, 6.45) is 2.46. The molecule has 0 aliphatic heterocycles. The lowest BCUT2D eigenvalue weighted by Gasteiger charge is -2.14. The Kier molecular flexibility index (Phi) is 5.77. The van der Waals surface area contributed by atoms with Crippen LogP contribution in [0, 0.1) is 5.92 Å². The molecule has 0 amide bonds. The average molecular weight is 271 g/mol. The maximum atomic E-state index is 5.81. The van der Waals surface area contributed by atoms with Crippen LogP contribution < -0.4 is 4.74 Å². The molecular weight excluding hydrogens is 252 g/mol. The van der Waals surface area contributed by atoms with Crippen LogP contribution in [0.4, 0.5) is 0 Å². The highest BCUT2D eigenvalue weighted by Gasteiger charge is 2.04. The van der Waals surface area contributed by atoms with Gasteiger partial charge in [0.1, 0.15) is 5.75 Å². The van der Waals surface area contributed by atoms with Crippen molar-refractivity contribution in [1.29, 1.82) is 0 Å². The summed E-state index contributed by atoms with van der Waals surface area (Å²) in [6.45, 7) is 5.26. The molecule has 0 saturated heterocycles. The van der Waals surface area contributed by atoms with Crippen molar-refractivity contribution in [3.8, 4) is 5.75 Å². The number of alkyl halides is 1. The van der Waals surface area contributed by atoms with Gasteiger partial charge in [-0.2, -0.15) is 0 Å². The van der Waals surface area contributed by atoms with Gasteiger partial charge < -0.3 is 4.74 Å². The molecule has 0 fully saturated rings. The van der Waals surface area contributed by atoms with Crippen LogP contribution in [-0.4, -0.2) is 6.61 Å². The highest BCUT2D eigenvalue weighted by Crippen LogP contribution is 2.21. The van der Waals surface area contributed by atoms with Gasteiger partial charge in [-0.3, -0.25) is 0 Å². The van der Waals surface area contributed by atoms with Gasteiger partial charge in [0, 0.05) is 10.9 Å². The standard InChI is InChI=1S/C13H19BrO/c1-3-6-11(2)10-15-13-8-5-4-7-12(13)9-14/h4-5,7-8,11H,3,6,9-10H2,1-2H3. The molecule has 84 valence electrons. The zero-order valence-corrected chi connectivity index (χ0v) is 11.1. The molecule has 1 aromatic carbocycles. The van der Waals surface area contributed by atoms with Crippen molar-refractivity contribution in [2.24, 2.45) is 5.92 Å². The molecule has 0 saturated carbocycles. The first-order valence-corrected chi connectivity index (χ1v) is 6.66. The van der Waals surface area contributed by atoms with Gasteiger partial charge in [-0.05, 0) is 18.4 Å². The van der Waals surface area contributed by atoms with E-state index in [1.165, 1.54) is 18.4 Å². The lowest BCUT2D eigenvalue weighted by Crippen LogP contribution is -2.08. The number of ether oxygens (including phenoxy) is 1. The molecular formula is C13H19BrO. The fraction of sp³-hybridized carbons (Fsp3) is 0.538.